The average molecular weight is 382 g/mol. The molecule has 1 fully saturated rings. The van der Waals surface area contributed by atoms with Gasteiger partial charge >= 0.3 is 0 Å². The van der Waals surface area contributed by atoms with Crippen LogP contribution in [0.5, 0.6) is 17.2 Å². The predicted octanol–water partition coefficient (Wildman–Crippen LogP) is 2.62. The highest BCUT2D eigenvalue weighted by atomic mass is 16.6. The SMILES string of the molecule is O=C(COc1ccc(CN2CCCC2)cc1)NCC1COc2ccccc2O1. The van der Waals surface area contributed by atoms with Gasteiger partial charge in [-0.15, -0.1) is 0 Å². The molecule has 0 aliphatic carbocycles. The monoisotopic (exact) mass is 382 g/mol. The van der Waals surface area contributed by atoms with Gasteiger partial charge in [0.05, 0.1) is 6.54 Å². The third kappa shape index (κ3) is 4.95. The Labute approximate surface area is 165 Å². The number of fused-ring (bicyclic) bond motifs is 1. The van der Waals surface area contributed by atoms with E-state index in [2.05, 4.69) is 22.3 Å². The van der Waals surface area contributed by atoms with Gasteiger partial charge in [-0.05, 0) is 55.8 Å². The number of carbonyl (C=O) groups is 1. The highest BCUT2D eigenvalue weighted by Crippen LogP contribution is 2.30. The van der Waals surface area contributed by atoms with E-state index in [-0.39, 0.29) is 18.6 Å². The fourth-order valence-corrected chi connectivity index (χ4v) is 3.48. The lowest BCUT2D eigenvalue weighted by atomic mass is 10.2. The van der Waals surface area contributed by atoms with Crippen molar-refractivity contribution in [1.29, 1.82) is 0 Å². The van der Waals surface area contributed by atoms with Crippen LogP contribution in [0.1, 0.15) is 18.4 Å². The topological polar surface area (TPSA) is 60.0 Å². The number of nitrogens with one attached hydrogen (secondary N) is 1. The highest BCUT2D eigenvalue weighted by molar-refractivity contribution is 5.77. The molecule has 0 saturated carbocycles. The summed E-state index contributed by atoms with van der Waals surface area (Å²) in [6, 6.07) is 15.5. The summed E-state index contributed by atoms with van der Waals surface area (Å²) in [7, 11) is 0. The molecule has 0 spiro atoms. The Morgan fingerprint density at radius 1 is 1.07 bits per heavy atom. The number of hydrogen-bond donors (Lipinski definition) is 1. The lowest BCUT2D eigenvalue weighted by molar-refractivity contribution is -0.123. The number of likely N-dealkylation sites (tertiary alicyclic amines) is 1. The fourth-order valence-electron chi connectivity index (χ4n) is 3.48. The summed E-state index contributed by atoms with van der Waals surface area (Å²) in [5, 5.41) is 2.84. The van der Waals surface area contributed by atoms with Gasteiger partial charge in [0.15, 0.2) is 18.1 Å². The quantitative estimate of drug-likeness (QED) is 0.798. The van der Waals surface area contributed by atoms with Crippen molar-refractivity contribution in [2.24, 2.45) is 0 Å². The van der Waals surface area contributed by atoms with Crippen molar-refractivity contribution in [2.45, 2.75) is 25.5 Å². The largest absolute Gasteiger partial charge is 0.486 e. The average Bonchev–Trinajstić information content (AvgIpc) is 3.24. The molecule has 1 N–H and O–H groups in total. The number of rotatable bonds is 7. The molecule has 28 heavy (non-hydrogen) atoms. The van der Waals surface area contributed by atoms with Crippen molar-refractivity contribution in [3.8, 4) is 17.2 Å². The van der Waals surface area contributed by atoms with Gasteiger partial charge in [0.2, 0.25) is 0 Å². The van der Waals surface area contributed by atoms with E-state index in [9.17, 15) is 4.79 Å². The molecule has 4 rings (SSSR count). The minimum atomic E-state index is -0.205. The summed E-state index contributed by atoms with van der Waals surface area (Å²) in [5.74, 6) is 1.97. The van der Waals surface area contributed by atoms with E-state index >= 15 is 0 Å². The van der Waals surface area contributed by atoms with Crippen LogP contribution in [-0.2, 0) is 11.3 Å². The van der Waals surface area contributed by atoms with E-state index in [1.807, 2.05) is 36.4 Å². The normalized spacial score (nSPS) is 18.6. The number of hydrogen-bond acceptors (Lipinski definition) is 5. The first-order valence-electron chi connectivity index (χ1n) is 9.85. The van der Waals surface area contributed by atoms with Gasteiger partial charge in [-0.1, -0.05) is 24.3 Å². The molecular formula is C22H26N2O4. The second kappa shape index (κ2) is 8.97. The van der Waals surface area contributed by atoms with E-state index in [0.29, 0.717) is 24.7 Å². The first-order chi connectivity index (χ1) is 13.8. The molecule has 1 atom stereocenters. The molecule has 2 heterocycles. The second-order valence-corrected chi connectivity index (χ2v) is 7.22. The van der Waals surface area contributed by atoms with Gasteiger partial charge in [-0.3, -0.25) is 9.69 Å². The number of para-hydroxylation sites is 2. The van der Waals surface area contributed by atoms with Crippen LogP contribution in [0.15, 0.2) is 48.5 Å². The number of ether oxygens (including phenoxy) is 3. The van der Waals surface area contributed by atoms with E-state index in [1.165, 1.54) is 31.5 Å². The second-order valence-electron chi connectivity index (χ2n) is 7.22. The maximum absolute atomic E-state index is 12.1. The number of amides is 1. The molecule has 2 aliphatic heterocycles. The Kier molecular flexibility index (Phi) is 5.97. The molecule has 0 radical (unpaired) electrons. The Morgan fingerprint density at radius 2 is 1.82 bits per heavy atom. The van der Waals surface area contributed by atoms with Crippen LogP contribution < -0.4 is 19.5 Å². The summed E-state index contributed by atoms with van der Waals surface area (Å²) in [6.45, 7) is 4.12. The maximum atomic E-state index is 12.1. The minimum Gasteiger partial charge on any atom is -0.486 e. The van der Waals surface area contributed by atoms with Crippen molar-refractivity contribution in [1.82, 2.24) is 10.2 Å². The first-order valence-corrected chi connectivity index (χ1v) is 9.85. The standard InChI is InChI=1S/C22H26N2O4/c25-22(23-13-19-15-27-20-5-1-2-6-21(20)28-19)16-26-18-9-7-17(8-10-18)14-24-11-3-4-12-24/h1-2,5-10,19H,3-4,11-16H2,(H,23,25). The van der Waals surface area contributed by atoms with E-state index in [1.54, 1.807) is 0 Å². The molecule has 2 aliphatic rings. The highest BCUT2D eigenvalue weighted by Gasteiger charge is 2.21. The molecule has 6 heteroatoms. The van der Waals surface area contributed by atoms with Crippen LogP contribution in [0.4, 0.5) is 0 Å². The van der Waals surface area contributed by atoms with Crippen molar-refractivity contribution in [3.63, 3.8) is 0 Å². The third-order valence-corrected chi connectivity index (χ3v) is 4.99. The van der Waals surface area contributed by atoms with Gasteiger partial charge < -0.3 is 19.5 Å². The lowest BCUT2D eigenvalue weighted by Gasteiger charge is -2.26. The lowest BCUT2D eigenvalue weighted by Crippen LogP contribution is -2.42. The molecule has 0 bridgehead atoms. The molecule has 1 saturated heterocycles. The van der Waals surface area contributed by atoms with Crippen LogP contribution in [0.25, 0.3) is 0 Å². The molecule has 6 nitrogen and oxygen atoms in total. The van der Waals surface area contributed by atoms with E-state index in [4.69, 9.17) is 14.2 Å². The zero-order valence-electron chi connectivity index (χ0n) is 15.9. The number of benzene rings is 2. The Bertz CT molecular complexity index is 787. The molecule has 0 aromatic heterocycles. The van der Waals surface area contributed by atoms with Gasteiger partial charge in [0, 0.05) is 6.54 Å². The van der Waals surface area contributed by atoms with Crippen LogP contribution in [0, 0.1) is 0 Å². The van der Waals surface area contributed by atoms with Crippen molar-refractivity contribution >= 4 is 5.91 Å². The van der Waals surface area contributed by atoms with E-state index in [0.717, 1.165) is 12.3 Å². The molecule has 2 aromatic rings. The summed E-state index contributed by atoms with van der Waals surface area (Å²) < 4.78 is 17.1. The zero-order valence-corrected chi connectivity index (χ0v) is 15.9. The van der Waals surface area contributed by atoms with E-state index < -0.39 is 0 Å². The Morgan fingerprint density at radius 3 is 2.61 bits per heavy atom. The van der Waals surface area contributed by atoms with Crippen molar-refractivity contribution in [2.75, 3.05) is 32.8 Å². The molecule has 2 aromatic carbocycles. The molecule has 148 valence electrons. The molecular weight excluding hydrogens is 356 g/mol. The predicted molar refractivity (Wildman–Crippen MR) is 106 cm³/mol. The third-order valence-electron chi connectivity index (χ3n) is 4.99. The molecule has 1 amide bonds. The van der Waals surface area contributed by atoms with Crippen LogP contribution in [0.2, 0.25) is 0 Å². The van der Waals surface area contributed by atoms with Crippen LogP contribution >= 0.6 is 0 Å². The van der Waals surface area contributed by atoms with Crippen molar-refractivity contribution in [3.05, 3.63) is 54.1 Å². The van der Waals surface area contributed by atoms with Crippen LogP contribution in [0.3, 0.4) is 0 Å². The summed E-state index contributed by atoms with van der Waals surface area (Å²) in [4.78, 5) is 14.5. The van der Waals surface area contributed by atoms with Gasteiger partial charge in [0.25, 0.3) is 5.91 Å². The maximum Gasteiger partial charge on any atom is 0.258 e. The number of carbonyl (C=O) groups excluding carboxylic acids is 1. The minimum absolute atomic E-state index is 0.0182. The van der Waals surface area contributed by atoms with Gasteiger partial charge in [-0.25, -0.2) is 0 Å². The van der Waals surface area contributed by atoms with Crippen LogP contribution in [-0.4, -0.2) is 49.8 Å². The Hall–Kier alpha value is -2.73. The summed E-state index contributed by atoms with van der Waals surface area (Å²) >= 11 is 0. The van der Waals surface area contributed by atoms with Gasteiger partial charge in [-0.2, -0.15) is 0 Å². The summed E-state index contributed by atoms with van der Waals surface area (Å²) in [6.07, 6.45) is 2.38. The Balaban J connectivity index is 1.17. The molecule has 1 unspecified atom stereocenters. The number of nitrogens with zero attached hydrogens (tertiary/aromatic N) is 1. The smallest absolute Gasteiger partial charge is 0.258 e. The fraction of sp³-hybridized carbons (Fsp3) is 0.409. The van der Waals surface area contributed by atoms with Crippen molar-refractivity contribution < 1.29 is 19.0 Å². The summed E-state index contributed by atoms with van der Waals surface area (Å²) in [5.41, 5.74) is 1.27. The zero-order chi connectivity index (χ0) is 19.2. The van der Waals surface area contributed by atoms with Gasteiger partial charge in [0.1, 0.15) is 18.5 Å². The first kappa shape index (κ1) is 18.6.